The first-order valence-electron chi connectivity index (χ1n) is 9.58. The summed E-state index contributed by atoms with van der Waals surface area (Å²) in [5.41, 5.74) is -1.78. The third-order valence-electron chi connectivity index (χ3n) is 5.50. The average Bonchev–Trinajstić information content (AvgIpc) is 3.01. The van der Waals surface area contributed by atoms with Gasteiger partial charge in [0.2, 0.25) is 10.0 Å². The molecule has 32 heavy (non-hydrogen) atoms. The lowest BCUT2D eigenvalue weighted by molar-refractivity contribution is 0.101. The molecule has 4 rings (SSSR count). The van der Waals surface area contributed by atoms with Crippen molar-refractivity contribution in [3.05, 3.63) is 41.5 Å². The topological polar surface area (TPSA) is 101 Å². The molecule has 8 nitrogen and oxygen atoms in total. The number of alkyl halides is 2. The van der Waals surface area contributed by atoms with Gasteiger partial charge in [0.25, 0.3) is 12.3 Å². The molecule has 3 heterocycles. The summed E-state index contributed by atoms with van der Waals surface area (Å²) in [4.78, 5) is 12.7. The molecule has 0 saturated carbocycles. The highest BCUT2D eigenvalue weighted by molar-refractivity contribution is 7.89. The van der Waals surface area contributed by atoms with Crippen molar-refractivity contribution in [3.63, 3.8) is 0 Å². The quantitative estimate of drug-likeness (QED) is 0.609. The van der Waals surface area contributed by atoms with E-state index in [2.05, 4.69) is 15.4 Å². The van der Waals surface area contributed by atoms with Gasteiger partial charge in [0.1, 0.15) is 17.3 Å². The Morgan fingerprint density at radius 3 is 2.62 bits per heavy atom. The number of sulfonamides is 1. The van der Waals surface area contributed by atoms with Crippen molar-refractivity contribution in [2.24, 2.45) is 7.05 Å². The number of rotatable bonds is 3. The molecule has 2 aliphatic heterocycles. The molecule has 0 bridgehead atoms. The van der Waals surface area contributed by atoms with Gasteiger partial charge in [0, 0.05) is 18.9 Å². The molecule has 176 valence electrons. The van der Waals surface area contributed by atoms with Gasteiger partial charge in [-0.2, -0.15) is 0 Å². The number of carbonyl (C=O) groups is 1. The van der Waals surface area contributed by atoms with E-state index in [1.54, 1.807) is 0 Å². The zero-order valence-corrected chi connectivity index (χ0v) is 18.6. The van der Waals surface area contributed by atoms with Gasteiger partial charge in [-0.3, -0.25) is 4.79 Å². The van der Waals surface area contributed by atoms with Crippen LogP contribution in [0.4, 0.5) is 18.9 Å². The highest BCUT2D eigenvalue weighted by Crippen LogP contribution is 2.36. The van der Waals surface area contributed by atoms with Gasteiger partial charge in [-0.1, -0.05) is 0 Å². The molecule has 0 atom stereocenters. The number of aromatic nitrogens is 1. The number of halogens is 4. The maximum Gasteiger partial charge on any atom is 0.276 e. The van der Waals surface area contributed by atoms with Crippen molar-refractivity contribution in [3.8, 4) is 5.75 Å². The van der Waals surface area contributed by atoms with Crippen LogP contribution in [0.5, 0.6) is 5.75 Å². The number of amides is 1. The van der Waals surface area contributed by atoms with Crippen LogP contribution in [0.25, 0.3) is 0 Å². The smallest absolute Gasteiger partial charge is 0.276 e. The van der Waals surface area contributed by atoms with E-state index in [0.29, 0.717) is 25.9 Å². The van der Waals surface area contributed by atoms with Crippen LogP contribution in [-0.2, 0) is 17.1 Å². The van der Waals surface area contributed by atoms with Gasteiger partial charge in [0.05, 0.1) is 11.1 Å². The van der Waals surface area contributed by atoms with Crippen molar-refractivity contribution in [1.82, 2.24) is 14.6 Å². The molecule has 1 spiro atoms. The summed E-state index contributed by atoms with van der Waals surface area (Å²) >= 11 is 0. The van der Waals surface area contributed by atoms with E-state index >= 15 is 0 Å². The molecule has 1 saturated heterocycles. The second-order valence-corrected chi connectivity index (χ2v) is 9.35. The SMILES string of the molecule is Cl.Cn1cc2c(c1C(=O)Nc1ccc(F)c(C(F)F)c1)OCC1(CCNCC1)NS2(=O)=O. The minimum atomic E-state index is -3.97. The summed E-state index contributed by atoms with van der Waals surface area (Å²) in [6.45, 7) is 1.28. The number of fused-ring (bicyclic) bond motifs is 1. The van der Waals surface area contributed by atoms with Crippen LogP contribution in [-0.4, -0.2) is 44.1 Å². The Labute approximate surface area is 189 Å². The van der Waals surface area contributed by atoms with Crippen LogP contribution in [0.15, 0.2) is 29.3 Å². The minimum Gasteiger partial charge on any atom is -0.488 e. The Kier molecular flexibility index (Phi) is 6.80. The Hall–Kier alpha value is -2.28. The summed E-state index contributed by atoms with van der Waals surface area (Å²) in [7, 11) is -2.50. The summed E-state index contributed by atoms with van der Waals surface area (Å²) in [6, 6.07) is 2.81. The molecular weight excluding hydrogens is 473 g/mol. The maximum absolute atomic E-state index is 13.5. The van der Waals surface area contributed by atoms with E-state index in [1.807, 2.05) is 0 Å². The fraction of sp³-hybridized carbons (Fsp3) is 0.421. The molecule has 1 fully saturated rings. The molecule has 1 aromatic heterocycles. The van der Waals surface area contributed by atoms with Crippen LogP contribution >= 0.6 is 12.4 Å². The molecular formula is C19H22ClF3N4O4S. The van der Waals surface area contributed by atoms with E-state index in [9.17, 15) is 26.4 Å². The number of hydrogen-bond donors (Lipinski definition) is 3. The van der Waals surface area contributed by atoms with Gasteiger partial charge in [-0.05, 0) is 44.1 Å². The fourth-order valence-corrected chi connectivity index (χ4v) is 5.52. The number of anilines is 1. The summed E-state index contributed by atoms with van der Waals surface area (Å²) in [6.07, 6.45) is -0.738. The number of piperidine rings is 1. The van der Waals surface area contributed by atoms with Crippen molar-refractivity contribution < 1.29 is 31.1 Å². The zero-order valence-electron chi connectivity index (χ0n) is 17.0. The Morgan fingerprint density at radius 2 is 1.97 bits per heavy atom. The van der Waals surface area contributed by atoms with Gasteiger partial charge >= 0.3 is 0 Å². The van der Waals surface area contributed by atoms with E-state index in [1.165, 1.54) is 17.8 Å². The molecule has 1 aromatic carbocycles. The standard InChI is InChI=1S/C19H21F3N4O4S.ClH/c1-26-9-14-16(30-10-19(25-31(14,28)29)4-6-23-7-5-19)15(26)18(27)24-11-2-3-13(20)12(8-11)17(21)22;/h2-3,8-9,17,23,25H,4-7,10H2,1H3,(H,24,27);1H. The van der Waals surface area contributed by atoms with Gasteiger partial charge in [-0.15, -0.1) is 12.4 Å². The average molecular weight is 495 g/mol. The third kappa shape index (κ3) is 4.45. The number of benzene rings is 1. The molecule has 1 amide bonds. The Balaban J connectivity index is 0.00000289. The van der Waals surface area contributed by atoms with E-state index < -0.39 is 39.3 Å². The van der Waals surface area contributed by atoms with Crippen LogP contribution in [0, 0.1) is 5.82 Å². The molecule has 13 heteroatoms. The van der Waals surface area contributed by atoms with Crippen molar-refractivity contribution in [2.45, 2.75) is 29.7 Å². The first-order valence-corrected chi connectivity index (χ1v) is 11.1. The molecule has 2 aliphatic rings. The highest BCUT2D eigenvalue weighted by atomic mass is 35.5. The summed E-state index contributed by atoms with van der Waals surface area (Å²) in [5, 5.41) is 5.57. The monoisotopic (exact) mass is 494 g/mol. The van der Waals surface area contributed by atoms with Gasteiger partial charge in [-0.25, -0.2) is 26.3 Å². The van der Waals surface area contributed by atoms with Crippen molar-refractivity contribution in [1.29, 1.82) is 0 Å². The lowest BCUT2D eigenvalue weighted by Crippen LogP contribution is -2.56. The Bertz CT molecular complexity index is 1130. The third-order valence-corrected chi connectivity index (χ3v) is 7.07. The van der Waals surface area contributed by atoms with Crippen LogP contribution in [0.2, 0.25) is 0 Å². The first-order chi connectivity index (χ1) is 14.6. The number of nitrogens with zero attached hydrogens (tertiary/aromatic N) is 1. The van der Waals surface area contributed by atoms with E-state index in [0.717, 1.165) is 18.2 Å². The van der Waals surface area contributed by atoms with E-state index in [4.69, 9.17) is 4.74 Å². The lowest BCUT2D eigenvalue weighted by atomic mass is 9.90. The molecule has 2 aromatic rings. The number of nitrogens with one attached hydrogen (secondary N) is 3. The number of hydrogen-bond acceptors (Lipinski definition) is 5. The van der Waals surface area contributed by atoms with Crippen LogP contribution < -0.4 is 20.1 Å². The first kappa shape index (κ1) is 24.4. The second kappa shape index (κ2) is 8.93. The summed E-state index contributed by atoms with van der Waals surface area (Å²) in [5.74, 6) is -1.97. The highest BCUT2D eigenvalue weighted by Gasteiger charge is 2.43. The predicted molar refractivity (Wildman–Crippen MR) is 113 cm³/mol. The van der Waals surface area contributed by atoms with Gasteiger partial charge in [0.15, 0.2) is 11.4 Å². The molecule has 0 radical (unpaired) electrons. The summed E-state index contributed by atoms with van der Waals surface area (Å²) < 4.78 is 75.3. The largest absolute Gasteiger partial charge is 0.488 e. The van der Waals surface area contributed by atoms with Crippen LogP contribution in [0.3, 0.4) is 0 Å². The second-order valence-electron chi connectivity index (χ2n) is 7.70. The van der Waals surface area contributed by atoms with Crippen molar-refractivity contribution >= 4 is 34.0 Å². The number of ether oxygens (including phenoxy) is 1. The molecule has 0 aliphatic carbocycles. The molecule has 0 unspecified atom stereocenters. The van der Waals surface area contributed by atoms with Crippen LogP contribution in [0.1, 0.15) is 35.3 Å². The Morgan fingerprint density at radius 1 is 1.28 bits per heavy atom. The predicted octanol–water partition coefficient (Wildman–Crippen LogP) is 2.57. The van der Waals surface area contributed by atoms with Gasteiger partial charge < -0.3 is 19.9 Å². The van der Waals surface area contributed by atoms with E-state index in [-0.39, 0.29) is 41.0 Å². The normalized spacial score (nSPS) is 18.9. The maximum atomic E-state index is 13.5. The zero-order chi connectivity index (χ0) is 22.4. The fourth-order valence-electron chi connectivity index (χ4n) is 3.88. The number of carbonyl (C=O) groups excluding carboxylic acids is 1. The van der Waals surface area contributed by atoms with Crippen molar-refractivity contribution in [2.75, 3.05) is 25.0 Å². The number of aryl methyl sites for hydroxylation is 1. The minimum absolute atomic E-state index is 0. The molecule has 3 N–H and O–H groups in total. The lowest BCUT2D eigenvalue weighted by Gasteiger charge is -2.35.